The van der Waals surface area contributed by atoms with Crippen LogP contribution in [0, 0.1) is 0 Å². The van der Waals surface area contributed by atoms with Crippen LogP contribution in [-0.4, -0.2) is 20.2 Å². The zero-order chi connectivity index (χ0) is 11.5. The Balaban J connectivity index is 2.79. The van der Waals surface area contributed by atoms with Crippen molar-refractivity contribution in [2.24, 2.45) is 4.40 Å². The minimum Gasteiger partial charge on any atom is -0.249 e. The van der Waals surface area contributed by atoms with Gasteiger partial charge in [-0.2, -0.15) is 4.40 Å². The first kappa shape index (κ1) is 12.5. The highest BCUT2D eigenvalue weighted by molar-refractivity contribution is 9.10. The highest BCUT2D eigenvalue weighted by atomic mass is 79.9. The average molecular weight is 289 g/mol. The third-order valence-corrected chi connectivity index (χ3v) is 3.35. The number of hydrogen-bond donors (Lipinski definition) is 0. The van der Waals surface area contributed by atoms with Crippen molar-refractivity contribution in [3.63, 3.8) is 0 Å². The zero-order valence-corrected chi connectivity index (χ0v) is 11.3. The molecule has 5 heteroatoms. The van der Waals surface area contributed by atoms with E-state index in [-0.39, 0.29) is 4.75 Å². The molecule has 1 atom stereocenters. The van der Waals surface area contributed by atoms with Gasteiger partial charge < -0.3 is 0 Å². The van der Waals surface area contributed by atoms with Crippen molar-refractivity contribution in [1.29, 1.82) is 0 Å². The normalized spacial score (nSPS) is 14.4. The van der Waals surface area contributed by atoms with Crippen molar-refractivity contribution < 1.29 is 4.21 Å². The average Bonchev–Trinajstić information content (AvgIpc) is 2.12. The topological polar surface area (TPSA) is 42.3 Å². The van der Waals surface area contributed by atoms with Crippen LogP contribution in [0.2, 0.25) is 0 Å². The Morgan fingerprint density at radius 1 is 1.53 bits per heavy atom. The van der Waals surface area contributed by atoms with E-state index < -0.39 is 11.0 Å². The number of pyridine rings is 1. The van der Waals surface area contributed by atoms with Crippen molar-refractivity contribution in [3.05, 3.63) is 28.5 Å². The Labute approximate surface area is 101 Å². The molecule has 0 saturated heterocycles. The summed E-state index contributed by atoms with van der Waals surface area (Å²) in [7, 11) is -1.21. The fraction of sp³-hybridized carbons (Fsp3) is 0.400. The molecule has 82 valence electrons. The van der Waals surface area contributed by atoms with Crippen molar-refractivity contribution in [2.75, 3.05) is 0 Å². The van der Waals surface area contributed by atoms with Crippen LogP contribution in [0.1, 0.15) is 26.3 Å². The second-order valence-corrected chi connectivity index (χ2v) is 6.75. The van der Waals surface area contributed by atoms with Gasteiger partial charge in [-0.25, -0.2) is 9.19 Å². The van der Waals surface area contributed by atoms with Crippen LogP contribution >= 0.6 is 15.9 Å². The lowest BCUT2D eigenvalue weighted by atomic mass is 10.3. The molecule has 15 heavy (non-hydrogen) atoms. The molecule has 0 fully saturated rings. The van der Waals surface area contributed by atoms with Gasteiger partial charge >= 0.3 is 0 Å². The fourth-order valence-corrected chi connectivity index (χ4v) is 1.68. The van der Waals surface area contributed by atoms with Crippen LogP contribution in [0.15, 0.2) is 27.3 Å². The van der Waals surface area contributed by atoms with Gasteiger partial charge in [-0.15, -0.1) is 0 Å². The van der Waals surface area contributed by atoms with E-state index in [0.717, 1.165) is 10.2 Å². The lowest BCUT2D eigenvalue weighted by Crippen LogP contribution is -2.19. The van der Waals surface area contributed by atoms with E-state index in [1.165, 1.54) is 0 Å². The molecule has 0 aliphatic heterocycles. The molecule has 3 nitrogen and oxygen atoms in total. The minimum atomic E-state index is -1.21. The van der Waals surface area contributed by atoms with Crippen LogP contribution in [0.4, 0.5) is 0 Å². The van der Waals surface area contributed by atoms with Crippen molar-refractivity contribution in [1.82, 2.24) is 4.98 Å². The van der Waals surface area contributed by atoms with Crippen LogP contribution in [0.25, 0.3) is 0 Å². The Hall–Kier alpha value is -0.550. The Bertz CT molecular complexity index is 399. The summed E-state index contributed by atoms with van der Waals surface area (Å²) in [5.74, 6) is 0. The molecule has 0 amide bonds. The Morgan fingerprint density at radius 2 is 2.20 bits per heavy atom. The summed E-state index contributed by atoms with van der Waals surface area (Å²) >= 11 is 3.26. The number of halogens is 1. The van der Waals surface area contributed by atoms with Gasteiger partial charge in [0, 0.05) is 12.4 Å². The molecule has 1 rings (SSSR count). The first-order chi connectivity index (χ1) is 6.89. The van der Waals surface area contributed by atoms with Gasteiger partial charge in [0.05, 0.1) is 4.75 Å². The SMILES string of the molecule is CC(C)(C)S(=O)N=Cc1ccnc(Br)c1. The van der Waals surface area contributed by atoms with E-state index in [0.29, 0.717) is 0 Å². The number of rotatable bonds is 2. The lowest BCUT2D eigenvalue weighted by molar-refractivity contribution is 0.651. The fourth-order valence-electron chi connectivity index (χ4n) is 0.765. The van der Waals surface area contributed by atoms with E-state index in [2.05, 4.69) is 25.3 Å². The van der Waals surface area contributed by atoms with Gasteiger partial charge in [0.15, 0.2) is 0 Å². The van der Waals surface area contributed by atoms with Crippen LogP contribution in [0.3, 0.4) is 0 Å². The summed E-state index contributed by atoms with van der Waals surface area (Å²) in [5, 5.41) is 0. The predicted octanol–water partition coefficient (Wildman–Crippen LogP) is 2.73. The maximum Gasteiger partial charge on any atom is 0.144 e. The van der Waals surface area contributed by atoms with Crippen molar-refractivity contribution in [3.8, 4) is 0 Å². The number of aromatic nitrogens is 1. The highest BCUT2D eigenvalue weighted by Gasteiger charge is 2.17. The lowest BCUT2D eigenvalue weighted by Gasteiger charge is -2.12. The number of hydrogen-bond acceptors (Lipinski definition) is 2. The van der Waals surface area contributed by atoms with E-state index in [1.54, 1.807) is 12.4 Å². The first-order valence-electron chi connectivity index (χ1n) is 4.47. The standard InChI is InChI=1S/C10H13BrN2OS/c1-10(2,3)15(14)13-7-8-4-5-12-9(11)6-8/h4-7H,1-3H3. The molecule has 0 N–H and O–H groups in total. The van der Waals surface area contributed by atoms with E-state index in [1.807, 2.05) is 32.9 Å². The molecule has 0 saturated carbocycles. The molecular formula is C10H13BrN2OS. The van der Waals surface area contributed by atoms with Gasteiger partial charge in [-0.1, -0.05) is 0 Å². The molecule has 1 heterocycles. The highest BCUT2D eigenvalue weighted by Crippen LogP contribution is 2.12. The summed E-state index contributed by atoms with van der Waals surface area (Å²) < 4.78 is 16.0. The molecule has 0 spiro atoms. The third kappa shape index (κ3) is 4.22. The van der Waals surface area contributed by atoms with Gasteiger partial charge in [-0.3, -0.25) is 0 Å². The van der Waals surface area contributed by atoms with Crippen LogP contribution in [0.5, 0.6) is 0 Å². The van der Waals surface area contributed by atoms with Crippen molar-refractivity contribution >= 4 is 33.1 Å². The molecule has 1 unspecified atom stereocenters. The second kappa shape index (κ2) is 4.99. The molecule has 0 aromatic carbocycles. The summed E-state index contributed by atoms with van der Waals surface area (Å²) in [6.07, 6.45) is 3.28. The Kier molecular flexibility index (Phi) is 4.16. The quantitative estimate of drug-likeness (QED) is 0.620. The smallest absolute Gasteiger partial charge is 0.144 e. The molecule has 0 bridgehead atoms. The second-order valence-electron chi connectivity index (χ2n) is 4.01. The van der Waals surface area contributed by atoms with Crippen LogP contribution < -0.4 is 0 Å². The summed E-state index contributed by atoms with van der Waals surface area (Å²) in [5.41, 5.74) is 0.884. The molecule has 1 aromatic rings. The van der Waals surface area contributed by atoms with Gasteiger partial charge in [-0.05, 0) is 54.4 Å². The molecule has 0 radical (unpaired) electrons. The first-order valence-corrected chi connectivity index (χ1v) is 6.37. The van der Waals surface area contributed by atoms with Gasteiger partial charge in [0.1, 0.15) is 15.6 Å². The van der Waals surface area contributed by atoms with Crippen molar-refractivity contribution in [2.45, 2.75) is 25.5 Å². The van der Waals surface area contributed by atoms with E-state index >= 15 is 0 Å². The number of nitrogens with zero attached hydrogens (tertiary/aromatic N) is 2. The summed E-state index contributed by atoms with van der Waals surface area (Å²) in [4.78, 5) is 3.99. The van der Waals surface area contributed by atoms with Gasteiger partial charge in [0.2, 0.25) is 0 Å². The maximum absolute atomic E-state index is 11.6. The zero-order valence-electron chi connectivity index (χ0n) is 8.90. The minimum absolute atomic E-state index is 0.319. The van der Waals surface area contributed by atoms with E-state index in [9.17, 15) is 4.21 Å². The molecule has 0 aliphatic carbocycles. The van der Waals surface area contributed by atoms with E-state index in [4.69, 9.17) is 0 Å². The molecular weight excluding hydrogens is 276 g/mol. The summed E-state index contributed by atoms with van der Waals surface area (Å²) in [6.45, 7) is 5.68. The van der Waals surface area contributed by atoms with Gasteiger partial charge in [0.25, 0.3) is 0 Å². The Morgan fingerprint density at radius 3 is 2.73 bits per heavy atom. The maximum atomic E-state index is 11.6. The monoisotopic (exact) mass is 288 g/mol. The third-order valence-electron chi connectivity index (χ3n) is 1.57. The summed E-state index contributed by atoms with van der Waals surface area (Å²) in [6, 6.07) is 3.64. The predicted molar refractivity (Wildman–Crippen MR) is 67.4 cm³/mol. The largest absolute Gasteiger partial charge is 0.249 e. The van der Waals surface area contributed by atoms with Crippen LogP contribution in [-0.2, 0) is 11.0 Å². The molecule has 1 aromatic heterocycles. The molecule has 0 aliphatic rings.